The van der Waals surface area contributed by atoms with Gasteiger partial charge in [0, 0.05) is 0 Å². The summed E-state index contributed by atoms with van der Waals surface area (Å²) in [6, 6.07) is 20.4. The van der Waals surface area contributed by atoms with Crippen LogP contribution in [0.2, 0.25) is 10.0 Å². The topological polar surface area (TPSA) is 51.1 Å². The van der Waals surface area contributed by atoms with E-state index < -0.39 is 0 Å². The second-order valence-electron chi connectivity index (χ2n) is 7.14. The third-order valence-corrected chi connectivity index (χ3v) is 5.69. The largest absolute Gasteiger partial charge is 0.493 e. The van der Waals surface area contributed by atoms with Crippen LogP contribution in [0.3, 0.4) is 0 Å². The van der Waals surface area contributed by atoms with Crippen molar-refractivity contribution in [1.29, 1.82) is 0 Å². The van der Waals surface area contributed by atoms with Crippen molar-refractivity contribution in [3.05, 3.63) is 93.5 Å². The molecule has 5 nitrogen and oxygen atoms in total. The van der Waals surface area contributed by atoms with Crippen LogP contribution in [0.4, 0.5) is 5.69 Å². The predicted octanol–water partition coefficient (Wildman–Crippen LogP) is 6.39. The minimum atomic E-state index is -0.246. The fourth-order valence-electron chi connectivity index (χ4n) is 3.27. The van der Waals surface area contributed by atoms with Crippen LogP contribution in [0.15, 0.2) is 77.4 Å². The predicted molar refractivity (Wildman–Crippen MR) is 129 cm³/mol. The number of amides is 1. The summed E-state index contributed by atoms with van der Waals surface area (Å²) in [5.41, 5.74) is 3.49. The van der Waals surface area contributed by atoms with Gasteiger partial charge in [0.1, 0.15) is 6.61 Å². The quantitative estimate of drug-likeness (QED) is 0.395. The van der Waals surface area contributed by atoms with Crippen molar-refractivity contribution in [3.8, 4) is 11.5 Å². The molecule has 4 rings (SSSR count). The van der Waals surface area contributed by atoms with E-state index in [1.165, 1.54) is 5.01 Å². The van der Waals surface area contributed by atoms with E-state index in [0.717, 1.165) is 11.1 Å². The average Bonchev–Trinajstić information content (AvgIpc) is 3.09. The maximum Gasteiger partial charge on any atom is 0.280 e. The van der Waals surface area contributed by atoms with Gasteiger partial charge in [0.15, 0.2) is 11.5 Å². The molecule has 0 aromatic heterocycles. The van der Waals surface area contributed by atoms with E-state index in [9.17, 15) is 4.79 Å². The summed E-state index contributed by atoms with van der Waals surface area (Å²) in [7, 11) is 1.58. The van der Waals surface area contributed by atoms with E-state index in [1.807, 2.05) is 48.5 Å². The number of anilines is 1. The molecule has 0 radical (unpaired) electrons. The second-order valence-corrected chi connectivity index (χ2v) is 7.96. The fraction of sp³-hybridized carbons (Fsp3) is 0.120. The Bertz CT molecular complexity index is 1220. The van der Waals surface area contributed by atoms with Crippen molar-refractivity contribution in [2.75, 3.05) is 12.1 Å². The zero-order valence-electron chi connectivity index (χ0n) is 17.5. The number of hydrogen-bond donors (Lipinski definition) is 0. The SMILES string of the molecule is COc1cc(C=C2C(=O)N(c3ccc(Cl)c(Cl)c3)N=C2C)ccc1OCc1ccccc1. The lowest BCUT2D eigenvalue weighted by Gasteiger charge is -2.13. The Balaban J connectivity index is 1.56. The first-order chi connectivity index (χ1) is 15.5. The van der Waals surface area contributed by atoms with Gasteiger partial charge in [0.2, 0.25) is 0 Å². The highest BCUT2D eigenvalue weighted by Crippen LogP contribution is 2.33. The van der Waals surface area contributed by atoms with Crippen LogP contribution in [-0.2, 0) is 11.4 Å². The molecule has 3 aromatic carbocycles. The third-order valence-electron chi connectivity index (χ3n) is 4.95. The van der Waals surface area contributed by atoms with Gasteiger partial charge in [-0.25, -0.2) is 0 Å². The standard InChI is InChI=1S/C25H20Cl2N2O3/c1-16-20(25(30)29(28-16)19-9-10-21(26)22(27)14-19)12-18-8-11-23(24(13-18)31-2)32-15-17-6-4-3-5-7-17/h3-14H,15H2,1-2H3. The number of ether oxygens (including phenoxy) is 2. The van der Waals surface area contributed by atoms with Crippen molar-refractivity contribution >= 4 is 46.6 Å². The summed E-state index contributed by atoms with van der Waals surface area (Å²) in [4.78, 5) is 13.0. The number of methoxy groups -OCH3 is 1. The van der Waals surface area contributed by atoms with E-state index in [2.05, 4.69) is 5.10 Å². The Morgan fingerprint density at radius 2 is 1.75 bits per heavy atom. The van der Waals surface area contributed by atoms with E-state index in [1.54, 1.807) is 38.3 Å². The molecule has 0 saturated heterocycles. The molecule has 0 atom stereocenters. The minimum absolute atomic E-state index is 0.246. The molecule has 0 spiro atoms. The first-order valence-corrected chi connectivity index (χ1v) is 10.6. The van der Waals surface area contributed by atoms with Crippen LogP contribution in [-0.4, -0.2) is 18.7 Å². The molecule has 32 heavy (non-hydrogen) atoms. The van der Waals surface area contributed by atoms with Crippen molar-refractivity contribution in [2.24, 2.45) is 5.10 Å². The van der Waals surface area contributed by atoms with Gasteiger partial charge in [0.25, 0.3) is 5.91 Å². The Morgan fingerprint density at radius 3 is 2.47 bits per heavy atom. The number of benzene rings is 3. The lowest BCUT2D eigenvalue weighted by Crippen LogP contribution is -2.21. The fourth-order valence-corrected chi connectivity index (χ4v) is 3.56. The highest BCUT2D eigenvalue weighted by atomic mass is 35.5. The van der Waals surface area contributed by atoms with Crippen LogP contribution in [0.5, 0.6) is 11.5 Å². The first-order valence-electron chi connectivity index (χ1n) is 9.88. The van der Waals surface area contributed by atoms with Gasteiger partial charge in [-0.3, -0.25) is 4.79 Å². The molecule has 0 saturated carbocycles. The van der Waals surface area contributed by atoms with Crippen LogP contribution in [0.25, 0.3) is 6.08 Å². The normalized spacial score (nSPS) is 14.6. The summed E-state index contributed by atoms with van der Waals surface area (Å²) in [6.45, 7) is 2.22. The third kappa shape index (κ3) is 4.64. The van der Waals surface area contributed by atoms with Gasteiger partial charge in [-0.15, -0.1) is 0 Å². The second kappa shape index (κ2) is 9.47. The number of carbonyl (C=O) groups excluding carboxylic acids is 1. The molecule has 1 amide bonds. The summed E-state index contributed by atoms with van der Waals surface area (Å²) >= 11 is 12.1. The van der Waals surface area contributed by atoms with Gasteiger partial charge in [-0.2, -0.15) is 10.1 Å². The molecule has 3 aromatic rings. The van der Waals surface area contributed by atoms with Gasteiger partial charge in [0.05, 0.1) is 34.1 Å². The highest BCUT2D eigenvalue weighted by molar-refractivity contribution is 6.42. The summed E-state index contributed by atoms with van der Waals surface area (Å²) in [5.74, 6) is 0.958. The molecule has 0 fully saturated rings. The van der Waals surface area contributed by atoms with Crippen molar-refractivity contribution in [1.82, 2.24) is 0 Å². The molecule has 0 bridgehead atoms. The smallest absolute Gasteiger partial charge is 0.280 e. The van der Waals surface area contributed by atoms with Crippen LogP contribution in [0.1, 0.15) is 18.1 Å². The molecular formula is C25H20Cl2N2O3. The van der Waals surface area contributed by atoms with Crippen molar-refractivity contribution < 1.29 is 14.3 Å². The summed E-state index contributed by atoms with van der Waals surface area (Å²) in [6.07, 6.45) is 1.78. The number of hydrogen-bond acceptors (Lipinski definition) is 4. The number of halogens is 2. The van der Waals surface area contributed by atoms with Crippen LogP contribution < -0.4 is 14.5 Å². The van der Waals surface area contributed by atoms with E-state index in [-0.39, 0.29) is 5.91 Å². The minimum Gasteiger partial charge on any atom is -0.493 e. The van der Waals surface area contributed by atoms with Crippen molar-refractivity contribution in [3.63, 3.8) is 0 Å². The summed E-state index contributed by atoms with van der Waals surface area (Å²) in [5, 5.41) is 6.48. The van der Waals surface area contributed by atoms with E-state index in [4.69, 9.17) is 32.7 Å². The molecule has 0 unspecified atom stereocenters. The molecular weight excluding hydrogens is 447 g/mol. The lowest BCUT2D eigenvalue weighted by molar-refractivity contribution is -0.114. The maximum atomic E-state index is 13.0. The Labute approximate surface area is 196 Å². The number of nitrogens with zero attached hydrogens (tertiary/aromatic N) is 2. The lowest BCUT2D eigenvalue weighted by atomic mass is 10.1. The van der Waals surface area contributed by atoms with Gasteiger partial charge in [-0.05, 0) is 54.5 Å². The molecule has 1 aliphatic rings. The van der Waals surface area contributed by atoms with Gasteiger partial charge < -0.3 is 9.47 Å². The molecule has 1 heterocycles. The Kier molecular flexibility index (Phi) is 6.49. The molecule has 0 aliphatic carbocycles. The molecule has 0 N–H and O–H groups in total. The van der Waals surface area contributed by atoms with Crippen molar-refractivity contribution in [2.45, 2.75) is 13.5 Å². The molecule has 1 aliphatic heterocycles. The number of rotatable bonds is 6. The van der Waals surface area contributed by atoms with E-state index >= 15 is 0 Å². The highest BCUT2D eigenvalue weighted by Gasteiger charge is 2.29. The summed E-state index contributed by atoms with van der Waals surface area (Å²) < 4.78 is 11.4. The maximum absolute atomic E-state index is 13.0. The number of carbonyl (C=O) groups is 1. The van der Waals surface area contributed by atoms with Gasteiger partial charge >= 0.3 is 0 Å². The zero-order valence-corrected chi connectivity index (χ0v) is 19.0. The van der Waals surface area contributed by atoms with Crippen LogP contribution >= 0.6 is 23.2 Å². The average molecular weight is 467 g/mol. The Morgan fingerprint density at radius 1 is 0.969 bits per heavy atom. The van der Waals surface area contributed by atoms with Crippen LogP contribution in [0, 0.1) is 0 Å². The zero-order chi connectivity index (χ0) is 22.7. The molecule has 162 valence electrons. The van der Waals surface area contributed by atoms with Gasteiger partial charge in [-0.1, -0.05) is 59.6 Å². The molecule has 7 heteroatoms. The van der Waals surface area contributed by atoms with E-state index in [0.29, 0.717) is 45.1 Å². The monoisotopic (exact) mass is 466 g/mol. The first kappa shape index (κ1) is 21.9. The Hall–Kier alpha value is -3.28. The number of hydrazone groups is 1.